The Morgan fingerprint density at radius 1 is 1.14 bits per heavy atom. The fourth-order valence-electron chi connectivity index (χ4n) is 3.50. The van der Waals surface area contributed by atoms with E-state index in [2.05, 4.69) is 15.7 Å². The Hall–Kier alpha value is -3.42. The molecule has 0 aliphatic carbocycles. The summed E-state index contributed by atoms with van der Waals surface area (Å²) in [7, 11) is 1.76. The summed E-state index contributed by atoms with van der Waals surface area (Å²) in [4.78, 5) is 26.9. The molecule has 7 nitrogen and oxygen atoms in total. The number of aryl methyl sites for hydroxylation is 1. The maximum atomic E-state index is 13.0. The van der Waals surface area contributed by atoms with Crippen molar-refractivity contribution >= 4 is 28.5 Å². The number of nitrogens with zero attached hydrogens (tertiary/aromatic N) is 3. The fourth-order valence-corrected chi connectivity index (χ4v) is 3.50. The van der Waals surface area contributed by atoms with Crippen LogP contribution in [0.25, 0.3) is 10.9 Å². The first-order valence-corrected chi connectivity index (χ1v) is 9.05. The number of amides is 3. The van der Waals surface area contributed by atoms with Crippen LogP contribution in [0.3, 0.4) is 0 Å². The van der Waals surface area contributed by atoms with Gasteiger partial charge in [0.1, 0.15) is 11.5 Å². The van der Waals surface area contributed by atoms with Crippen molar-refractivity contribution in [3.63, 3.8) is 0 Å². The summed E-state index contributed by atoms with van der Waals surface area (Å²) in [5.41, 5.74) is 1.83. The topological polar surface area (TPSA) is 79.3 Å². The number of likely N-dealkylation sites (tertiary alicyclic amines) is 1. The van der Waals surface area contributed by atoms with Gasteiger partial charge in [-0.25, -0.2) is 9.18 Å². The second-order valence-corrected chi connectivity index (χ2v) is 6.83. The van der Waals surface area contributed by atoms with E-state index < -0.39 is 0 Å². The lowest BCUT2D eigenvalue weighted by Crippen LogP contribution is -2.40. The third-order valence-corrected chi connectivity index (χ3v) is 4.86. The molecule has 8 heteroatoms. The number of urea groups is 1. The Bertz CT molecular complexity index is 1030. The van der Waals surface area contributed by atoms with Gasteiger partial charge in [0.2, 0.25) is 0 Å². The summed E-state index contributed by atoms with van der Waals surface area (Å²) in [6.07, 6.45) is 0.665. The molecule has 0 spiro atoms. The molecule has 1 saturated heterocycles. The van der Waals surface area contributed by atoms with Crippen LogP contribution >= 0.6 is 0 Å². The van der Waals surface area contributed by atoms with Gasteiger partial charge in [-0.05, 0) is 36.8 Å². The first-order chi connectivity index (χ1) is 13.5. The average Bonchev–Trinajstić information content (AvgIpc) is 3.26. The zero-order valence-corrected chi connectivity index (χ0v) is 15.4. The van der Waals surface area contributed by atoms with Crippen LogP contribution in [0.4, 0.5) is 14.9 Å². The van der Waals surface area contributed by atoms with E-state index >= 15 is 0 Å². The van der Waals surface area contributed by atoms with Crippen molar-refractivity contribution in [2.45, 2.75) is 12.5 Å². The highest BCUT2D eigenvalue weighted by atomic mass is 19.1. The molecule has 0 bridgehead atoms. The predicted molar refractivity (Wildman–Crippen MR) is 104 cm³/mol. The van der Waals surface area contributed by atoms with Crippen molar-refractivity contribution in [2.24, 2.45) is 7.05 Å². The van der Waals surface area contributed by atoms with E-state index in [1.165, 1.54) is 24.3 Å². The van der Waals surface area contributed by atoms with Crippen LogP contribution in [-0.2, 0) is 7.05 Å². The highest BCUT2D eigenvalue weighted by Gasteiger charge is 2.30. The standard InChI is InChI=1S/C20H20FN5O2/c1-25-18(16-4-2-3-5-17(16)24-25)19(27)26-11-10-15(12-26)23-20(28)22-14-8-6-13(21)7-9-14/h2-9,15H,10-12H2,1H3,(H2,22,23,28). The number of halogens is 1. The zero-order valence-electron chi connectivity index (χ0n) is 15.4. The Morgan fingerprint density at radius 3 is 2.68 bits per heavy atom. The van der Waals surface area contributed by atoms with Gasteiger partial charge >= 0.3 is 6.03 Å². The number of rotatable bonds is 3. The van der Waals surface area contributed by atoms with Crippen LogP contribution in [0.15, 0.2) is 48.5 Å². The molecule has 28 heavy (non-hydrogen) atoms. The molecule has 0 radical (unpaired) electrons. The van der Waals surface area contributed by atoms with Gasteiger partial charge in [0.15, 0.2) is 0 Å². The van der Waals surface area contributed by atoms with Crippen molar-refractivity contribution < 1.29 is 14.0 Å². The third kappa shape index (κ3) is 3.53. The van der Waals surface area contributed by atoms with Crippen molar-refractivity contribution in [3.8, 4) is 0 Å². The summed E-state index contributed by atoms with van der Waals surface area (Å²) in [6, 6.07) is 12.6. The second kappa shape index (κ2) is 7.30. The normalized spacial score (nSPS) is 16.4. The van der Waals surface area contributed by atoms with Crippen LogP contribution in [0, 0.1) is 5.82 Å². The van der Waals surface area contributed by atoms with Gasteiger partial charge in [-0.3, -0.25) is 9.48 Å². The summed E-state index contributed by atoms with van der Waals surface area (Å²) < 4.78 is 14.5. The molecule has 1 unspecified atom stereocenters. The van der Waals surface area contributed by atoms with Crippen molar-refractivity contribution in [2.75, 3.05) is 18.4 Å². The van der Waals surface area contributed by atoms with Crippen LogP contribution in [0.1, 0.15) is 16.9 Å². The van der Waals surface area contributed by atoms with Gasteiger partial charge in [-0.1, -0.05) is 18.2 Å². The number of hydrogen-bond acceptors (Lipinski definition) is 3. The van der Waals surface area contributed by atoms with Crippen molar-refractivity contribution in [1.82, 2.24) is 20.0 Å². The predicted octanol–water partition coefficient (Wildman–Crippen LogP) is 2.75. The van der Waals surface area contributed by atoms with E-state index in [1.54, 1.807) is 16.6 Å². The highest BCUT2D eigenvalue weighted by molar-refractivity contribution is 6.05. The number of fused-ring (bicyclic) bond motifs is 1. The molecule has 1 aromatic heterocycles. The number of anilines is 1. The highest BCUT2D eigenvalue weighted by Crippen LogP contribution is 2.21. The molecule has 1 fully saturated rings. The molecule has 1 aliphatic heterocycles. The Morgan fingerprint density at radius 2 is 1.89 bits per heavy atom. The molecule has 2 N–H and O–H groups in total. The summed E-state index contributed by atoms with van der Waals surface area (Å²) in [5, 5.41) is 10.7. The quantitative estimate of drug-likeness (QED) is 0.732. The Balaban J connectivity index is 1.39. The molecule has 0 saturated carbocycles. The molecular weight excluding hydrogens is 361 g/mol. The monoisotopic (exact) mass is 381 g/mol. The Kier molecular flexibility index (Phi) is 4.68. The molecule has 1 aliphatic rings. The molecular formula is C20H20FN5O2. The van der Waals surface area contributed by atoms with Crippen LogP contribution < -0.4 is 10.6 Å². The second-order valence-electron chi connectivity index (χ2n) is 6.83. The molecule has 3 aromatic rings. The number of carbonyl (C=O) groups excluding carboxylic acids is 2. The zero-order chi connectivity index (χ0) is 19.7. The Labute approximate surface area is 161 Å². The SMILES string of the molecule is Cn1nc2ccccc2c1C(=O)N1CCC(NC(=O)Nc2ccc(F)cc2)C1. The number of nitrogens with one attached hydrogen (secondary N) is 2. The van der Waals surface area contributed by atoms with E-state index in [4.69, 9.17) is 0 Å². The molecule has 2 aromatic carbocycles. The molecule has 3 amide bonds. The molecule has 144 valence electrons. The molecule has 2 heterocycles. The third-order valence-electron chi connectivity index (χ3n) is 4.86. The maximum Gasteiger partial charge on any atom is 0.319 e. The summed E-state index contributed by atoms with van der Waals surface area (Å²) in [5.74, 6) is -0.460. The van der Waals surface area contributed by atoms with Crippen molar-refractivity contribution in [3.05, 3.63) is 60.0 Å². The maximum absolute atomic E-state index is 13.0. The minimum absolute atomic E-state index is 0.0977. The minimum Gasteiger partial charge on any atom is -0.335 e. The van der Waals surface area contributed by atoms with Crippen LogP contribution in [0.5, 0.6) is 0 Å². The van der Waals surface area contributed by atoms with Gasteiger partial charge in [0, 0.05) is 37.3 Å². The van der Waals surface area contributed by atoms with Gasteiger partial charge in [-0.2, -0.15) is 5.10 Å². The fraction of sp³-hybridized carbons (Fsp3) is 0.250. The lowest BCUT2D eigenvalue weighted by atomic mass is 10.2. The van der Waals surface area contributed by atoms with E-state index in [1.807, 2.05) is 24.3 Å². The lowest BCUT2D eigenvalue weighted by molar-refractivity contribution is 0.0780. The summed E-state index contributed by atoms with van der Waals surface area (Å²) in [6.45, 7) is 0.981. The number of aromatic nitrogens is 2. The average molecular weight is 381 g/mol. The van der Waals surface area contributed by atoms with E-state index in [0.717, 1.165) is 10.9 Å². The van der Waals surface area contributed by atoms with Gasteiger partial charge in [-0.15, -0.1) is 0 Å². The van der Waals surface area contributed by atoms with E-state index in [-0.39, 0.29) is 23.8 Å². The van der Waals surface area contributed by atoms with E-state index in [0.29, 0.717) is 30.9 Å². The van der Waals surface area contributed by atoms with Crippen LogP contribution in [-0.4, -0.2) is 45.8 Å². The number of hydrogen-bond donors (Lipinski definition) is 2. The first-order valence-electron chi connectivity index (χ1n) is 9.05. The molecule has 1 atom stereocenters. The van der Waals surface area contributed by atoms with Crippen LogP contribution in [0.2, 0.25) is 0 Å². The van der Waals surface area contributed by atoms with Gasteiger partial charge < -0.3 is 15.5 Å². The number of carbonyl (C=O) groups is 2. The summed E-state index contributed by atoms with van der Waals surface area (Å²) >= 11 is 0. The lowest BCUT2D eigenvalue weighted by Gasteiger charge is -2.17. The van der Waals surface area contributed by atoms with Crippen molar-refractivity contribution in [1.29, 1.82) is 0 Å². The van der Waals surface area contributed by atoms with Gasteiger partial charge in [0.25, 0.3) is 5.91 Å². The number of benzene rings is 2. The van der Waals surface area contributed by atoms with E-state index in [9.17, 15) is 14.0 Å². The molecule has 4 rings (SSSR count). The minimum atomic E-state index is -0.378. The smallest absolute Gasteiger partial charge is 0.319 e. The first kappa shape index (κ1) is 18.0. The largest absolute Gasteiger partial charge is 0.335 e. The van der Waals surface area contributed by atoms with Gasteiger partial charge in [0.05, 0.1) is 5.52 Å².